The molecule has 1 heterocycles. The summed E-state index contributed by atoms with van der Waals surface area (Å²) in [7, 11) is 0. The van der Waals surface area contributed by atoms with Gasteiger partial charge < -0.3 is 4.42 Å². The van der Waals surface area contributed by atoms with Gasteiger partial charge >= 0.3 is 0 Å². The van der Waals surface area contributed by atoms with Crippen molar-refractivity contribution >= 4 is 45.5 Å². The standard InChI is InChI=1S/C11H6Cl2O2/c12-8-1-3-10-7(5-8)6-9(15-10)2-4-11(13)14/h1-6H/b4-2+. The van der Waals surface area contributed by atoms with E-state index in [2.05, 4.69) is 0 Å². The Morgan fingerprint density at radius 1 is 1.33 bits per heavy atom. The maximum Gasteiger partial charge on any atom is 0.245 e. The quantitative estimate of drug-likeness (QED) is 0.590. The molecule has 0 N–H and O–H groups in total. The maximum absolute atomic E-state index is 10.5. The van der Waals surface area contributed by atoms with E-state index in [1.54, 1.807) is 24.3 Å². The van der Waals surface area contributed by atoms with Crippen LogP contribution in [0.3, 0.4) is 0 Å². The van der Waals surface area contributed by atoms with Crippen LogP contribution < -0.4 is 0 Å². The first kappa shape index (κ1) is 10.3. The van der Waals surface area contributed by atoms with E-state index in [9.17, 15) is 4.79 Å². The molecule has 15 heavy (non-hydrogen) atoms. The molecule has 0 radical (unpaired) electrons. The van der Waals surface area contributed by atoms with Crippen LogP contribution in [0.4, 0.5) is 0 Å². The summed E-state index contributed by atoms with van der Waals surface area (Å²) in [6, 6.07) is 7.10. The average molecular weight is 241 g/mol. The Morgan fingerprint density at radius 3 is 2.87 bits per heavy atom. The van der Waals surface area contributed by atoms with E-state index in [1.165, 1.54) is 12.2 Å². The molecular weight excluding hydrogens is 235 g/mol. The van der Waals surface area contributed by atoms with Gasteiger partial charge in [-0.15, -0.1) is 0 Å². The summed E-state index contributed by atoms with van der Waals surface area (Å²) in [6.45, 7) is 0. The molecule has 0 saturated heterocycles. The molecule has 0 aliphatic rings. The van der Waals surface area contributed by atoms with E-state index in [1.807, 2.05) is 0 Å². The molecule has 2 nitrogen and oxygen atoms in total. The minimum Gasteiger partial charge on any atom is -0.457 e. The monoisotopic (exact) mass is 240 g/mol. The highest BCUT2D eigenvalue weighted by atomic mass is 35.5. The third-order valence-electron chi connectivity index (χ3n) is 1.88. The van der Waals surface area contributed by atoms with Crippen molar-refractivity contribution in [2.75, 3.05) is 0 Å². The van der Waals surface area contributed by atoms with Crippen molar-refractivity contribution in [3.05, 3.63) is 41.1 Å². The number of furan rings is 1. The second-order valence-corrected chi connectivity index (χ2v) is 3.78. The molecular formula is C11H6Cl2O2. The fourth-order valence-electron chi connectivity index (χ4n) is 1.26. The Labute approximate surface area is 96.1 Å². The van der Waals surface area contributed by atoms with Crippen LogP contribution in [0.1, 0.15) is 5.76 Å². The number of benzene rings is 1. The molecule has 0 saturated carbocycles. The Kier molecular flexibility index (Phi) is 2.80. The van der Waals surface area contributed by atoms with E-state index in [0.717, 1.165) is 11.0 Å². The summed E-state index contributed by atoms with van der Waals surface area (Å²) in [5, 5.41) is 1.00. The van der Waals surface area contributed by atoms with E-state index in [4.69, 9.17) is 27.6 Å². The number of carbonyl (C=O) groups excluding carboxylic acids is 1. The summed E-state index contributed by atoms with van der Waals surface area (Å²) in [5.41, 5.74) is 0.723. The number of hydrogen-bond donors (Lipinski definition) is 0. The first-order chi connectivity index (χ1) is 7.15. The molecule has 0 unspecified atom stereocenters. The highest BCUT2D eigenvalue weighted by molar-refractivity contribution is 6.66. The van der Waals surface area contributed by atoms with Crippen LogP contribution in [-0.2, 0) is 4.79 Å². The van der Waals surface area contributed by atoms with Crippen molar-refractivity contribution in [2.45, 2.75) is 0 Å². The number of carbonyl (C=O) groups is 1. The predicted molar refractivity (Wildman–Crippen MR) is 61.1 cm³/mol. The second-order valence-electron chi connectivity index (χ2n) is 2.97. The Morgan fingerprint density at radius 2 is 2.13 bits per heavy atom. The number of fused-ring (bicyclic) bond motifs is 1. The number of rotatable bonds is 2. The van der Waals surface area contributed by atoms with Gasteiger partial charge in [-0.1, -0.05) is 11.6 Å². The van der Waals surface area contributed by atoms with E-state index < -0.39 is 5.24 Å². The van der Waals surface area contributed by atoms with Crippen molar-refractivity contribution in [1.82, 2.24) is 0 Å². The normalized spacial score (nSPS) is 11.3. The number of hydrogen-bond acceptors (Lipinski definition) is 2. The lowest BCUT2D eigenvalue weighted by molar-refractivity contribution is -0.107. The Bertz CT molecular complexity index is 541. The van der Waals surface area contributed by atoms with Crippen LogP contribution in [0.25, 0.3) is 17.0 Å². The topological polar surface area (TPSA) is 30.2 Å². The van der Waals surface area contributed by atoms with E-state index in [0.29, 0.717) is 10.8 Å². The van der Waals surface area contributed by atoms with Crippen molar-refractivity contribution in [1.29, 1.82) is 0 Å². The number of halogens is 2. The van der Waals surface area contributed by atoms with Crippen molar-refractivity contribution < 1.29 is 9.21 Å². The maximum atomic E-state index is 10.5. The van der Waals surface area contributed by atoms with Gasteiger partial charge in [0.05, 0.1) is 0 Å². The molecule has 1 aromatic heterocycles. The van der Waals surface area contributed by atoms with Gasteiger partial charge in [-0.25, -0.2) is 0 Å². The Hall–Kier alpha value is -1.25. The predicted octanol–water partition coefficient (Wildman–Crippen LogP) is 3.86. The molecule has 2 aromatic rings. The van der Waals surface area contributed by atoms with Gasteiger partial charge in [0.15, 0.2) is 0 Å². The van der Waals surface area contributed by atoms with Crippen LogP contribution in [0.5, 0.6) is 0 Å². The van der Waals surface area contributed by atoms with Crippen LogP contribution in [0.2, 0.25) is 5.02 Å². The molecule has 0 bridgehead atoms. The van der Waals surface area contributed by atoms with Gasteiger partial charge in [0.2, 0.25) is 5.24 Å². The minimum atomic E-state index is -0.534. The van der Waals surface area contributed by atoms with Crippen molar-refractivity contribution in [3.8, 4) is 0 Å². The first-order valence-electron chi connectivity index (χ1n) is 4.22. The molecule has 1 aromatic carbocycles. The molecule has 0 spiro atoms. The highest BCUT2D eigenvalue weighted by Gasteiger charge is 2.01. The molecule has 0 fully saturated rings. The lowest BCUT2D eigenvalue weighted by Gasteiger charge is -1.87. The molecule has 0 aliphatic heterocycles. The van der Waals surface area contributed by atoms with Crippen LogP contribution in [-0.4, -0.2) is 5.24 Å². The van der Waals surface area contributed by atoms with Gasteiger partial charge in [-0.05, 0) is 41.9 Å². The zero-order chi connectivity index (χ0) is 10.8. The van der Waals surface area contributed by atoms with Gasteiger partial charge in [0.1, 0.15) is 11.3 Å². The third kappa shape index (κ3) is 2.41. The molecule has 0 atom stereocenters. The van der Waals surface area contributed by atoms with Crippen LogP contribution in [0.15, 0.2) is 34.8 Å². The summed E-state index contributed by atoms with van der Waals surface area (Å²) in [5.74, 6) is 0.571. The zero-order valence-electron chi connectivity index (χ0n) is 7.54. The Balaban J connectivity index is 2.43. The SMILES string of the molecule is O=C(Cl)/C=C/c1cc2cc(Cl)ccc2o1. The fraction of sp³-hybridized carbons (Fsp3) is 0. The molecule has 76 valence electrons. The van der Waals surface area contributed by atoms with E-state index in [-0.39, 0.29) is 0 Å². The lowest BCUT2D eigenvalue weighted by Crippen LogP contribution is -1.73. The first-order valence-corrected chi connectivity index (χ1v) is 4.97. The van der Waals surface area contributed by atoms with Crippen molar-refractivity contribution in [2.24, 2.45) is 0 Å². The minimum absolute atomic E-state index is 0.534. The molecule has 4 heteroatoms. The van der Waals surface area contributed by atoms with Gasteiger partial charge in [0, 0.05) is 16.5 Å². The van der Waals surface area contributed by atoms with Gasteiger partial charge in [-0.2, -0.15) is 0 Å². The molecule has 2 rings (SSSR count). The lowest BCUT2D eigenvalue weighted by atomic mass is 10.2. The fourth-order valence-corrected chi connectivity index (χ4v) is 1.51. The highest BCUT2D eigenvalue weighted by Crippen LogP contribution is 2.23. The summed E-state index contributed by atoms with van der Waals surface area (Å²) in [4.78, 5) is 10.5. The average Bonchev–Trinajstić information content (AvgIpc) is 2.56. The summed E-state index contributed by atoms with van der Waals surface area (Å²) >= 11 is 11.0. The molecule has 0 aliphatic carbocycles. The van der Waals surface area contributed by atoms with Crippen LogP contribution in [0, 0.1) is 0 Å². The largest absolute Gasteiger partial charge is 0.457 e. The second kappa shape index (κ2) is 4.09. The smallest absolute Gasteiger partial charge is 0.245 e. The van der Waals surface area contributed by atoms with E-state index >= 15 is 0 Å². The van der Waals surface area contributed by atoms with Crippen LogP contribution >= 0.6 is 23.2 Å². The third-order valence-corrected chi connectivity index (χ3v) is 2.24. The van der Waals surface area contributed by atoms with Gasteiger partial charge in [0.25, 0.3) is 0 Å². The van der Waals surface area contributed by atoms with Gasteiger partial charge in [-0.3, -0.25) is 4.79 Å². The summed E-state index contributed by atoms with van der Waals surface area (Å²) < 4.78 is 5.42. The van der Waals surface area contributed by atoms with Crippen molar-refractivity contribution in [3.63, 3.8) is 0 Å². The zero-order valence-corrected chi connectivity index (χ0v) is 9.05. The number of allylic oxidation sites excluding steroid dienone is 1. The summed E-state index contributed by atoms with van der Waals surface area (Å²) in [6.07, 6.45) is 2.75. The molecule has 0 amide bonds.